The molecule has 15 heteroatoms. The Kier molecular flexibility index (Phi) is 8.76. The van der Waals surface area contributed by atoms with Crippen LogP contribution in [-0.2, 0) is 23.4 Å². The van der Waals surface area contributed by atoms with Crippen LogP contribution in [0.15, 0.2) is 36.7 Å². The number of aliphatic hydroxyl groups is 1. The summed E-state index contributed by atoms with van der Waals surface area (Å²) in [5.41, 5.74) is -1.61. The number of anilines is 1. The summed E-state index contributed by atoms with van der Waals surface area (Å²) in [6.07, 6.45) is -3.34. The van der Waals surface area contributed by atoms with Crippen molar-refractivity contribution in [1.82, 2.24) is 24.6 Å². The van der Waals surface area contributed by atoms with Crippen molar-refractivity contribution in [1.29, 1.82) is 0 Å². The number of ether oxygens (including phenoxy) is 2. The molecule has 0 saturated carbocycles. The van der Waals surface area contributed by atoms with E-state index in [1.54, 1.807) is 58.2 Å². The summed E-state index contributed by atoms with van der Waals surface area (Å²) in [6, 6.07) is 7.10. The number of carbonyl (C=O) groups is 1. The predicted molar refractivity (Wildman–Crippen MR) is 143 cm³/mol. The number of aromatic nitrogens is 4. The first-order valence-corrected chi connectivity index (χ1v) is 14.3. The minimum atomic E-state index is -4.26. The van der Waals surface area contributed by atoms with E-state index >= 15 is 4.39 Å². The first-order valence-electron chi connectivity index (χ1n) is 12.7. The molecule has 1 aliphatic heterocycles. The normalized spacial score (nSPS) is 25.1. The number of aryl methyl sites for hydroxylation is 1. The number of hydrogen-bond donors (Lipinski definition) is 3. The summed E-state index contributed by atoms with van der Waals surface area (Å²) >= 11 is 0. The van der Waals surface area contributed by atoms with Crippen LogP contribution in [0.25, 0.3) is 11.2 Å². The number of nitrogens with one attached hydrogen (secondary N) is 2. The molecular formula is C25H34FN6O7P. The number of nitrogens with zero attached hydrogens (tertiary/aromatic N) is 4. The van der Waals surface area contributed by atoms with Crippen LogP contribution in [0.4, 0.5) is 10.2 Å². The van der Waals surface area contributed by atoms with Gasteiger partial charge < -0.3 is 24.4 Å². The zero-order valence-electron chi connectivity index (χ0n) is 23.1. The fourth-order valence-electron chi connectivity index (χ4n) is 4.23. The molecule has 6 atom stereocenters. The highest BCUT2D eigenvalue weighted by molar-refractivity contribution is 7.52. The van der Waals surface area contributed by atoms with E-state index in [1.165, 1.54) is 24.7 Å². The average Bonchev–Trinajstić information content (AvgIpc) is 3.40. The van der Waals surface area contributed by atoms with Gasteiger partial charge in [0.2, 0.25) is 0 Å². The smallest absolute Gasteiger partial charge is 0.459 e. The zero-order chi connectivity index (χ0) is 29.2. The third-order valence-electron chi connectivity index (χ3n) is 6.17. The summed E-state index contributed by atoms with van der Waals surface area (Å²) in [5, 5.41) is 16.4. The lowest BCUT2D eigenvalue weighted by atomic mass is 9.98. The van der Waals surface area contributed by atoms with Gasteiger partial charge in [-0.1, -0.05) is 18.2 Å². The highest BCUT2D eigenvalue weighted by Crippen LogP contribution is 2.48. The highest BCUT2D eigenvalue weighted by Gasteiger charge is 2.56. The minimum Gasteiger partial charge on any atom is -0.462 e. The fourth-order valence-corrected chi connectivity index (χ4v) is 5.73. The van der Waals surface area contributed by atoms with Crippen LogP contribution in [0.2, 0.25) is 0 Å². The molecule has 2 aromatic heterocycles. The second kappa shape index (κ2) is 11.8. The molecule has 0 radical (unpaired) electrons. The van der Waals surface area contributed by atoms with E-state index in [0.29, 0.717) is 22.8 Å². The number of alkyl halides is 1. The molecule has 1 fully saturated rings. The second-order valence-corrected chi connectivity index (χ2v) is 11.5. The Morgan fingerprint density at radius 2 is 1.98 bits per heavy atom. The van der Waals surface area contributed by atoms with Crippen LogP contribution in [0.1, 0.15) is 39.7 Å². The molecule has 218 valence electrons. The van der Waals surface area contributed by atoms with Crippen molar-refractivity contribution in [3.8, 4) is 5.75 Å². The maximum absolute atomic E-state index is 16.0. The summed E-state index contributed by atoms with van der Waals surface area (Å²) < 4.78 is 53.4. The lowest BCUT2D eigenvalue weighted by molar-refractivity contribution is -0.149. The number of para-hydroxylation sites is 1. The average molecular weight is 581 g/mol. The van der Waals surface area contributed by atoms with E-state index in [4.69, 9.17) is 18.5 Å². The maximum Gasteiger partial charge on any atom is 0.459 e. The molecule has 1 saturated heterocycles. The number of imidazole rings is 1. The molecular weight excluding hydrogens is 546 g/mol. The standard InChI is InChI=1S/C25H34FN6O7P/c1-14(2)37-23(34)15(3)31-40(35,39-17-10-8-7-9-11-17)36-12-18-20(33)25(5,26)24(38-18)32-13-28-19-21(27-6)29-16(4)30-22(19)32/h7-11,13-15,18,20,24,33H,12H2,1-6H3,(H,31,35)(H,27,29,30)/t15-,18-,20-,24-,25-,40?/m1/s1. The molecule has 0 bridgehead atoms. The molecule has 3 heterocycles. The van der Waals surface area contributed by atoms with Gasteiger partial charge in [-0.05, 0) is 46.8 Å². The van der Waals surface area contributed by atoms with Crippen LogP contribution in [0.5, 0.6) is 5.75 Å². The van der Waals surface area contributed by atoms with Crippen LogP contribution in [-0.4, -0.2) is 74.3 Å². The van der Waals surface area contributed by atoms with Gasteiger partial charge in [0.1, 0.15) is 29.8 Å². The van der Waals surface area contributed by atoms with E-state index < -0.39 is 56.6 Å². The number of aliphatic hydroxyl groups excluding tert-OH is 1. The van der Waals surface area contributed by atoms with Crippen molar-refractivity contribution in [3.05, 3.63) is 42.5 Å². The van der Waals surface area contributed by atoms with Gasteiger partial charge in [-0.2, -0.15) is 5.09 Å². The number of benzene rings is 1. The Hall–Kier alpha value is -3.16. The van der Waals surface area contributed by atoms with Gasteiger partial charge in [0, 0.05) is 7.05 Å². The molecule has 4 rings (SSSR count). The summed E-state index contributed by atoms with van der Waals surface area (Å²) in [4.78, 5) is 25.3. The third-order valence-corrected chi connectivity index (χ3v) is 7.82. The van der Waals surface area contributed by atoms with Crippen LogP contribution in [0.3, 0.4) is 0 Å². The topological polar surface area (TPSA) is 159 Å². The summed E-state index contributed by atoms with van der Waals surface area (Å²) in [5.74, 6) is 0.404. The molecule has 0 amide bonds. The third kappa shape index (κ3) is 6.26. The molecule has 1 aromatic carbocycles. The number of fused-ring (bicyclic) bond motifs is 1. The number of esters is 1. The van der Waals surface area contributed by atoms with Crippen molar-refractivity contribution in [2.45, 2.75) is 70.9 Å². The van der Waals surface area contributed by atoms with Crippen LogP contribution < -0.4 is 14.9 Å². The van der Waals surface area contributed by atoms with Crippen molar-refractivity contribution >= 4 is 30.7 Å². The maximum atomic E-state index is 16.0. The van der Waals surface area contributed by atoms with Crippen molar-refractivity contribution < 1.29 is 37.4 Å². The lowest BCUT2D eigenvalue weighted by Crippen LogP contribution is -2.41. The number of rotatable bonds is 11. The van der Waals surface area contributed by atoms with Crippen LogP contribution in [0, 0.1) is 6.92 Å². The quantitative estimate of drug-likeness (QED) is 0.225. The van der Waals surface area contributed by atoms with Gasteiger partial charge in [-0.25, -0.2) is 23.9 Å². The monoisotopic (exact) mass is 580 g/mol. The molecule has 0 aliphatic carbocycles. The summed E-state index contributed by atoms with van der Waals surface area (Å²) in [7, 11) is -2.59. The van der Waals surface area contributed by atoms with E-state index in [1.807, 2.05) is 0 Å². The lowest BCUT2D eigenvalue weighted by Gasteiger charge is -2.25. The van der Waals surface area contributed by atoms with E-state index in [0.717, 1.165) is 0 Å². The Morgan fingerprint density at radius 3 is 2.62 bits per heavy atom. The van der Waals surface area contributed by atoms with Gasteiger partial charge >= 0.3 is 13.7 Å². The van der Waals surface area contributed by atoms with Gasteiger partial charge in [0.05, 0.1) is 19.0 Å². The van der Waals surface area contributed by atoms with Gasteiger partial charge in [0.25, 0.3) is 0 Å². The van der Waals surface area contributed by atoms with Crippen LogP contribution >= 0.6 is 7.75 Å². The highest BCUT2D eigenvalue weighted by atomic mass is 31.2. The van der Waals surface area contributed by atoms with Crippen molar-refractivity contribution in [3.63, 3.8) is 0 Å². The molecule has 0 spiro atoms. The summed E-state index contributed by atoms with van der Waals surface area (Å²) in [6.45, 7) is 7.13. The first kappa shape index (κ1) is 29.8. The number of halogens is 1. The van der Waals surface area contributed by atoms with E-state index in [2.05, 4.69) is 25.4 Å². The second-order valence-electron chi connectivity index (χ2n) is 9.85. The number of hydrogen-bond acceptors (Lipinski definition) is 11. The van der Waals surface area contributed by atoms with Gasteiger partial charge in [-0.3, -0.25) is 13.9 Å². The van der Waals surface area contributed by atoms with Gasteiger partial charge in [-0.15, -0.1) is 0 Å². The fraction of sp³-hybridized carbons (Fsp3) is 0.520. The Balaban J connectivity index is 1.56. The molecule has 3 aromatic rings. The SMILES string of the molecule is CNc1nc(C)nc2c1ncn2[C@@H]1O[C@H](COP(=O)(N[C@H](C)C(=O)OC(C)C)Oc2ccccc2)[C@@H](O)[C@@]1(C)F. The first-order chi connectivity index (χ1) is 18.8. The Bertz CT molecular complexity index is 1390. The molecule has 40 heavy (non-hydrogen) atoms. The van der Waals surface area contributed by atoms with E-state index in [9.17, 15) is 14.5 Å². The van der Waals surface area contributed by atoms with Crippen molar-refractivity contribution in [2.75, 3.05) is 19.0 Å². The molecule has 13 nitrogen and oxygen atoms in total. The largest absolute Gasteiger partial charge is 0.462 e. The predicted octanol–water partition coefficient (Wildman–Crippen LogP) is 3.30. The van der Waals surface area contributed by atoms with E-state index in [-0.39, 0.29) is 5.75 Å². The Labute approximate surface area is 231 Å². The molecule has 1 aliphatic rings. The van der Waals surface area contributed by atoms with Gasteiger partial charge in [0.15, 0.2) is 28.9 Å². The minimum absolute atomic E-state index is 0.198. The zero-order valence-corrected chi connectivity index (χ0v) is 24.0. The molecule has 3 N–H and O–H groups in total. The van der Waals surface area contributed by atoms with Crippen molar-refractivity contribution in [2.24, 2.45) is 0 Å². The molecule has 1 unspecified atom stereocenters. The Morgan fingerprint density at radius 1 is 1.27 bits per heavy atom. The number of carbonyl (C=O) groups excluding carboxylic acids is 1.